The minimum Gasteiger partial charge on any atom is -0.354 e. The first kappa shape index (κ1) is 17.1. The van der Waals surface area contributed by atoms with Gasteiger partial charge in [0.2, 0.25) is 5.91 Å². The van der Waals surface area contributed by atoms with Crippen molar-refractivity contribution in [3.8, 4) is 0 Å². The fraction of sp³-hybridized carbons (Fsp3) is 0.444. The number of fused-ring (bicyclic) bond motifs is 1. The Bertz CT molecular complexity index is 823. The van der Waals surface area contributed by atoms with Gasteiger partial charge in [0.25, 0.3) is 0 Å². The number of hydrogen-bond donors (Lipinski definition) is 1. The molecule has 0 saturated carbocycles. The highest BCUT2D eigenvalue weighted by atomic mass is 16.2. The first-order valence-electron chi connectivity index (χ1n) is 8.82. The van der Waals surface area contributed by atoms with Gasteiger partial charge in [-0.2, -0.15) is 0 Å². The zero-order valence-electron chi connectivity index (χ0n) is 14.7. The van der Waals surface area contributed by atoms with E-state index in [0.717, 1.165) is 42.7 Å². The molecule has 0 fully saturated rings. The van der Waals surface area contributed by atoms with E-state index in [1.54, 1.807) is 10.9 Å². The van der Waals surface area contributed by atoms with Crippen molar-refractivity contribution in [1.29, 1.82) is 0 Å². The summed E-state index contributed by atoms with van der Waals surface area (Å²) in [6.45, 7) is 5.46. The minimum atomic E-state index is -0.242. The number of carbonyl (C=O) groups excluding carboxylic acids is 1. The van der Waals surface area contributed by atoms with Gasteiger partial charge in [-0.05, 0) is 25.0 Å². The summed E-state index contributed by atoms with van der Waals surface area (Å²) in [5.41, 5.74) is 1.96. The number of hydrogen-bond acceptors (Lipinski definition) is 4. The number of amides is 1. The lowest BCUT2D eigenvalue weighted by Gasteiger charge is -2.19. The molecule has 1 atom stereocenters. The number of aryl methyl sites for hydroxylation is 2. The van der Waals surface area contributed by atoms with Crippen LogP contribution in [0.5, 0.6) is 0 Å². The van der Waals surface area contributed by atoms with Crippen LogP contribution in [0.4, 0.5) is 0 Å². The highest BCUT2D eigenvalue weighted by Gasteiger charge is 2.23. The van der Waals surface area contributed by atoms with Crippen molar-refractivity contribution >= 4 is 16.9 Å². The fourth-order valence-corrected chi connectivity index (χ4v) is 3.10. The molecule has 3 aromatic rings. The van der Waals surface area contributed by atoms with Crippen molar-refractivity contribution in [2.24, 2.45) is 0 Å². The van der Waals surface area contributed by atoms with E-state index < -0.39 is 0 Å². The van der Waals surface area contributed by atoms with Crippen molar-refractivity contribution in [2.45, 2.75) is 45.7 Å². The number of imidazole rings is 1. The predicted octanol–water partition coefficient (Wildman–Crippen LogP) is 2.35. The highest BCUT2D eigenvalue weighted by molar-refractivity contribution is 5.84. The molecule has 7 nitrogen and oxygen atoms in total. The third-order valence-corrected chi connectivity index (χ3v) is 4.32. The summed E-state index contributed by atoms with van der Waals surface area (Å²) in [6.07, 6.45) is 5.81. The van der Waals surface area contributed by atoms with Crippen molar-refractivity contribution in [3.63, 3.8) is 0 Å². The predicted molar refractivity (Wildman–Crippen MR) is 96.1 cm³/mol. The van der Waals surface area contributed by atoms with Gasteiger partial charge in [0.15, 0.2) is 0 Å². The van der Waals surface area contributed by atoms with Crippen molar-refractivity contribution in [1.82, 2.24) is 29.9 Å². The molecule has 0 spiro atoms. The number of aromatic nitrogens is 5. The summed E-state index contributed by atoms with van der Waals surface area (Å²) in [6, 6.07) is 7.75. The van der Waals surface area contributed by atoms with E-state index in [0.29, 0.717) is 6.54 Å². The third kappa shape index (κ3) is 3.70. The second-order valence-corrected chi connectivity index (χ2v) is 5.98. The smallest absolute Gasteiger partial charge is 0.243 e. The summed E-state index contributed by atoms with van der Waals surface area (Å²) in [4.78, 5) is 17.4. The van der Waals surface area contributed by atoms with Gasteiger partial charge in [0, 0.05) is 25.7 Å². The second kappa shape index (κ2) is 7.92. The van der Waals surface area contributed by atoms with Gasteiger partial charge in [-0.3, -0.25) is 9.48 Å². The van der Waals surface area contributed by atoms with Gasteiger partial charge in [-0.25, -0.2) is 4.98 Å². The largest absolute Gasteiger partial charge is 0.354 e. The number of carbonyl (C=O) groups is 1. The molecule has 0 aliphatic carbocycles. The molecule has 3 rings (SSSR count). The number of para-hydroxylation sites is 2. The quantitative estimate of drug-likeness (QED) is 0.639. The molecule has 0 radical (unpaired) electrons. The van der Waals surface area contributed by atoms with Crippen LogP contribution < -0.4 is 5.32 Å². The van der Waals surface area contributed by atoms with E-state index in [9.17, 15) is 4.79 Å². The Hall–Kier alpha value is -2.70. The lowest BCUT2D eigenvalue weighted by atomic mass is 10.1. The molecule has 25 heavy (non-hydrogen) atoms. The molecular formula is C18H24N6O. The highest BCUT2D eigenvalue weighted by Crippen LogP contribution is 2.24. The van der Waals surface area contributed by atoms with Crippen LogP contribution in [0.25, 0.3) is 11.0 Å². The van der Waals surface area contributed by atoms with Crippen molar-refractivity contribution in [2.75, 3.05) is 6.54 Å². The average molecular weight is 340 g/mol. The van der Waals surface area contributed by atoms with E-state index in [-0.39, 0.29) is 11.9 Å². The first-order valence-corrected chi connectivity index (χ1v) is 8.82. The molecule has 0 aliphatic heterocycles. The molecule has 1 unspecified atom stereocenters. The van der Waals surface area contributed by atoms with Crippen LogP contribution in [-0.2, 0) is 17.8 Å². The summed E-state index contributed by atoms with van der Waals surface area (Å²) < 4.78 is 3.85. The van der Waals surface area contributed by atoms with E-state index in [2.05, 4.69) is 32.1 Å². The SMILES string of the molecule is CCc1nc2ccccc2n1C(CC)C(=O)NCCCn1ccnn1. The maximum Gasteiger partial charge on any atom is 0.243 e. The van der Waals surface area contributed by atoms with E-state index >= 15 is 0 Å². The molecule has 2 heterocycles. The van der Waals surface area contributed by atoms with E-state index in [4.69, 9.17) is 0 Å². The van der Waals surface area contributed by atoms with Gasteiger partial charge in [-0.1, -0.05) is 31.2 Å². The Morgan fingerprint density at radius 3 is 2.84 bits per heavy atom. The van der Waals surface area contributed by atoms with Crippen LogP contribution in [0.1, 0.15) is 38.6 Å². The fourth-order valence-electron chi connectivity index (χ4n) is 3.10. The number of nitrogens with zero attached hydrogens (tertiary/aromatic N) is 5. The first-order chi connectivity index (χ1) is 12.2. The zero-order chi connectivity index (χ0) is 17.6. The number of nitrogens with one attached hydrogen (secondary N) is 1. The van der Waals surface area contributed by atoms with Crippen molar-refractivity contribution < 1.29 is 4.79 Å². The maximum atomic E-state index is 12.8. The van der Waals surface area contributed by atoms with Gasteiger partial charge in [-0.15, -0.1) is 5.10 Å². The number of rotatable bonds is 8. The summed E-state index contributed by atoms with van der Waals surface area (Å²) >= 11 is 0. The normalized spacial score (nSPS) is 12.4. The molecule has 1 N–H and O–H groups in total. The van der Waals surface area contributed by atoms with Crippen LogP contribution in [0.2, 0.25) is 0 Å². The maximum absolute atomic E-state index is 12.8. The lowest BCUT2D eigenvalue weighted by Crippen LogP contribution is -2.34. The second-order valence-electron chi connectivity index (χ2n) is 5.98. The molecule has 0 aliphatic rings. The van der Waals surface area contributed by atoms with Gasteiger partial charge in [0.05, 0.1) is 17.2 Å². The summed E-state index contributed by atoms with van der Waals surface area (Å²) in [7, 11) is 0. The van der Waals surface area contributed by atoms with Gasteiger partial charge in [0.1, 0.15) is 11.9 Å². The topological polar surface area (TPSA) is 77.6 Å². The summed E-state index contributed by atoms with van der Waals surface area (Å²) in [5, 5.41) is 10.7. The molecule has 1 aromatic carbocycles. The average Bonchev–Trinajstić information content (AvgIpc) is 3.27. The zero-order valence-corrected chi connectivity index (χ0v) is 14.7. The monoisotopic (exact) mass is 340 g/mol. The Morgan fingerprint density at radius 2 is 2.12 bits per heavy atom. The molecule has 0 bridgehead atoms. The van der Waals surface area contributed by atoms with Crippen molar-refractivity contribution in [3.05, 3.63) is 42.5 Å². The molecule has 132 valence electrons. The van der Waals surface area contributed by atoms with E-state index in [1.165, 1.54) is 0 Å². The molecule has 1 amide bonds. The standard InChI is InChI=1S/C18H24N6O/c1-3-15(18(25)19-10-7-12-23-13-11-20-22-23)24-16-9-6-5-8-14(16)21-17(24)4-2/h5-6,8-9,11,13,15H,3-4,7,10,12H2,1-2H3,(H,19,25). The minimum absolute atomic E-state index is 0.0407. The molecule has 7 heteroatoms. The van der Waals surface area contributed by atoms with Crippen LogP contribution in [0.15, 0.2) is 36.7 Å². The molecule has 0 saturated heterocycles. The van der Waals surface area contributed by atoms with Crippen LogP contribution in [0, 0.1) is 0 Å². The van der Waals surface area contributed by atoms with Crippen LogP contribution in [-0.4, -0.2) is 37.0 Å². The van der Waals surface area contributed by atoms with E-state index in [1.807, 2.05) is 37.4 Å². The Labute approximate surface area is 147 Å². The Morgan fingerprint density at radius 1 is 1.28 bits per heavy atom. The molecule has 2 aromatic heterocycles. The van der Waals surface area contributed by atoms with Gasteiger partial charge >= 0.3 is 0 Å². The van der Waals surface area contributed by atoms with Crippen LogP contribution >= 0.6 is 0 Å². The Balaban J connectivity index is 1.70. The van der Waals surface area contributed by atoms with Crippen LogP contribution in [0.3, 0.4) is 0 Å². The number of benzene rings is 1. The summed E-state index contributed by atoms with van der Waals surface area (Å²) in [5.74, 6) is 0.991. The third-order valence-electron chi connectivity index (χ3n) is 4.32. The lowest BCUT2D eigenvalue weighted by molar-refractivity contribution is -0.124. The molecular weight excluding hydrogens is 316 g/mol. The van der Waals surface area contributed by atoms with Gasteiger partial charge < -0.3 is 9.88 Å². The Kier molecular flexibility index (Phi) is 5.42.